The normalized spacial score (nSPS) is 10.6. The first-order valence-electron chi connectivity index (χ1n) is 4.12. The first kappa shape index (κ1) is 10.0. The molecule has 0 heterocycles. The van der Waals surface area contributed by atoms with E-state index in [2.05, 4.69) is 0 Å². The fraction of sp³-hybridized carbons (Fsp3) is 0.182. The fourth-order valence-corrected chi connectivity index (χ4v) is 1.17. The molecule has 0 amide bonds. The number of carbonyl (C=O) groups is 1. The summed E-state index contributed by atoms with van der Waals surface area (Å²) in [6, 6.07) is 7.31. The standard InChI is InChI=1S/C11H11ClO/c1-2-3-11(13)8-9-4-6-10(12)7-5-9/h2-7H,8H2,1H3/b3-2+. The van der Waals surface area contributed by atoms with E-state index in [1.54, 1.807) is 24.3 Å². The van der Waals surface area contributed by atoms with Gasteiger partial charge in [0, 0.05) is 11.4 Å². The molecule has 0 atom stereocenters. The fourth-order valence-electron chi connectivity index (χ4n) is 1.05. The summed E-state index contributed by atoms with van der Waals surface area (Å²) in [4.78, 5) is 11.2. The van der Waals surface area contributed by atoms with Crippen molar-refractivity contribution in [1.29, 1.82) is 0 Å². The van der Waals surface area contributed by atoms with Gasteiger partial charge in [0.15, 0.2) is 5.78 Å². The zero-order chi connectivity index (χ0) is 9.68. The Morgan fingerprint density at radius 3 is 2.54 bits per heavy atom. The largest absolute Gasteiger partial charge is 0.294 e. The highest BCUT2D eigenvalue weighted by atomic mass is 35.5. The van der Waals surface area contributed by atoms with Gasteiger partial charge in [0.2, 0.25) is 0 Å². The van der Waals surface area contributed by atoms with E-state index in [0.717, 1.165) is 5.56 Å². The summed E-state index contributed by atoms with van der Waals surface area (Å²) in [7, 11) is 0. The molecule has 0 aromatic heterocycles. The summed E-state index contributed by atoms with van der Waals surface area (Å²) in [5.41, 5.74) is 0.993. The van der Waals surface area contributed by atoms with Crippen LogP contribution in [-0.4, -0.2) is 5.78 Å². The van der Waals surface area contributed by atoms with Crippen molar-refractivity contribution in [3.05, 3.63) is 47.0 Å². The van der Waals surface area contributed by atoms with Crippen LogP contribution in [0, 0.1) is 0 Å². The summed E-state index contributed by atoms with van der Waals surface area (Å²) in [5, 5.41) is 0.697. The molecule has 1 nitrogen and oxygen atoms in total. The highest BCUT2D eigenvalue weighted by Gasteiger charge is 1.98. The van der Waals surface area contributed by atoms with Gasteiger partial charge in [-0.1, -0.05) is 29.8 Å². The quantitative estimate of drug-likeness (QED) is 0.676. The highest BCUT2D eigenvalue weighted by Crippen LogP contribution is 2.10. The topological polar surface area (TPSA) is 17.1 Å². The molecule has 0 aliphatic heterocycles. The van der Waals surface area contributed by atoms with E-state index in [-0.39, 0.29) is 5.78 Å². The molecule has 0 aliphatic carbocycles. The molecule has 0 N–H and O–H groups in total. The van der Waals surface area contributed by atoms with Crippen molar-refractivity contribution in [1.82, 2.24) is 0 Å². The highest BCUT2D eigenvalue weighted by molar-refractivity contribution is 6.30. The summed E-state index contributed by atoms with van der Waals surface area (Å²) >= 11 is 5.71. The summed E-state index contributed by atoms with van der Waals surface area (Å²) in [6.07, 6.45) is 3.77. The van der Waals surface area contributed by atoms with Crippen molar-refractivity contribution in [2.24, 2.45) is 0 Å². The first-order chi connectivity index (χ1) is 6.22. The predicted octanol–water partition coefficient (Wildman–Crippen LogP) is 3.03. The molecular weight excluding hydrogens is 184 g/mol. The smallest absolute Gasteiger partial charge is 0.159 e. The molecule has 0 bridgehead atoms. The zero-order valence-electron chi connectivity index (χ0n) is 7.46. The van der Waals surface area contributed by atoms with Crippen LogP contribution in [-0.2, 0) is 11.2 Å². The second kappa shape index (κ2) is 4.83. The van der Waals surface area contributed by atoms with Crippen LogP contribution in [0.3, 0.4) is 0 Å². The second-order valence-corrected chi connectivity index (χ2v) is 3.21. The second-order valence-electron chi connectivity index (χ2n) is 2.77. The lowest BCUT2D eigenvalue weighted by molar-refractivity contribution is -0.114. The van der Waals surface area contributed by atoms with Gasteiger partial charge < -0.3 is 0 Å². The Morgan fingerprint density at radius 2 is 2.00 bits per heavy atom. The van der Waals surface area contributed by atoms with E-state index in [9.17, 15) is 4.79 Å². The minimum Gasteiger partial charge on any atom is -0.294 e. The van der Waals surface area contributed by atoms with Gasteiger partial charge in [0.1, 0.15) is 0 Å². The van der Waals surface area contributed by atoms with Gasteiger partial charge in [-0.05, 0) is 30.7 Å². The van der Waals surface area contributed by atoms with Crippen LogP contribution in [0.25, 0.3) is 0 Å². The number of allylic oxidation sites excluding steroid dienone is 2. The number of hydrogen-bond donors (Lipinski definition) is 0. The van der Waals surface area contributed by atoms with Crippen LogP contribution in [0.15, 0.2) is 36.4 Å². The number of halogens is 1. The SMILES string of the molecule is C/C=C/C(=O)Cc1ccc(Cl)cc1. The monoisotopic (exact) mass is 194 g/mol. The van der Waals surface area contributed by atoms with Gasteiger partial charge in [-0.3, -0.25) is 4.79 Å². The maximum absolute atomic E-state index is 11.2. The first-order valence-corrected chi connectivity index (χ1v) is 4.50. The molecule has 0 saturated carbocycles. The maximum Gasteiger partial charge on any atom is 0.159 e. The molecule has 0 saturated heterocycles. The van der Waals surface area contributed by atoms with Crippen LogP contribution in [0.5, 0.6) is 0 Å². The third kappa shape index (κ3) is 3.43. The molecule has 1 aromatic rings. The van der Waals surface area contributed by atoms with E-state index >= 15 is 0 Å². The van der Waals surface area contributed by atoms with Crippen molar-refractivity contribution in [3.63, 3.8) is 0 Å². The van der Waals surface area contributed by atoms with Crippen molar-refractivity contribution >= 4 is 17.4 Å². The Labute approximate surface area is 83.0 Å². The molecule has 2 heteroatoms. The lowest BCUT2D eigenvalue weighted by Gasteiger charge is -1.96. The van der Waals surface area contributed by atoms with Gasteiger partial charge in [0.05, 0.1) is 0 Å². The number of rotatable bonds is 3. The van der Waals surface area contributed by atoms with Gasteiger partial charge in [-0.15, -0.1) is 0 Å². The molecule has 0 spiro atoms. The Kier molecular flexibility index (Phi) is 3.71. The molecule has 0 unspecified atom stereocenters. The molecule has 0 aliphatic rings. The Hall–Kier alpha value is -1.08. The van der Waals surface area contributed by atoms with Crippen LogP contribution in [0.1, 0.15) is 12.5 Å². The van der Waals surface area contributed by atoms with Crippen molar-refractivity contribution in [2.75, 3.05) is 0 Å². The summed E-state index contributed by atoms with van der Waals surface area (Å²) < 4.78 is 0. The van der Waals surface area contributed by atoms with E-state index in [1.165, 1.54) is 0 Å². The molecule has 68 valence electrons. The lowest BCUT2D eigenvalue weighted by atomic mass is 10.1. The third-order valence-corrected chi connectivity index (χ3v) is 1.90. The Balaban J connectivity index is 2.64. The Morgan fingerprint density at radius 1 is 1.38 bits per heavy atom. The number of ketones is 1. The minimum absolute atomic E-state index is 0.116. The molecule has 1 aromatic carbocycles. The van der Waals surface area contributed by atoms with E-state index < -0.39 is 0 Å². The van der Waals surface area contributed by atoms with Crippen LogP contribution >= 0.6 is 11.6 Å². The lowest BCUT2D eigenvalue weighted by Crippen LogP contribution is -1.97. The van der Waals surface area contributed by atoms with E-state index in [0.29, 0.717) is 11.4 Å². The van der Waals surface area contributed by atoms with Crippen molar-refractivity contribution in [3.8, 4) is 0 Å². The molecule has 0 radical (unpaired) electrons. The average molecular weight is 195 g/mol. The molecule has 0 fully saturated rings. The minimum atomic E-state index is 0.116. The predicted molar refractivity (Wildman–Crippen MR) is 55.0 cm³/mol. The van der Waals surface area contributed by atoms with Gasteiger partial charge in [-0.25, -0.2) is 0 Å². The maximum atomic E-state index is 11.2. The third-order valence-electron chi connectivity index (χ3n) is 1.64. The average Bonchev–Trinajstić information content (AvgIpc) is 2.09. The van der Waals surface area contributed by atoms with Crippen LogP contribution in [0.4, 0.5) is 0 Å². The number of benzene rings is 1. The number of hydrogen-bond acceptors (Lipinski definition) is 1. The van der Waals surface area contributed by atoms with Gasteiger partial charge in [0.25, 0.3) is 0 Å². The van der Waals surface area contributed by atoms with Gasteiger partial charge >= 0.3 is 0 Å². The van der Waals surface area contributed by atoms with Gasteiger partial charge in [-0.2, -0.15) is 0 Å². The summed E-state index contributed by atoms with van der Waals surface area (Å²) in [5.74, 6) is 0.116. The number of carbonyl (C=O) groups excluding carboxylic acids is 1. The van der Waals surface area contributed by atoms with Crippen LogP contribution < -0.4 is 0 Å². The van der Waals surface area contributed by atoms with Crippen molar-refractivity contribution < 1.29 is 4.79 Å². The molecule has 13 heavy (non-hydrogen) atoms. The molecule has 1 rings (SSSR count). The van der Waals surface area contributed by atoms with Crippen molar-refractivity contribution in [2.45, 2.75) is 13.3 Å². The van der Waals surface area contributed by atoms with E-state index in [4.69, 9.17) is 11.6 Å². The Bertz CT molecular complexity index is 311. The summed E-state index contributed by atoms with van der Waals surface area (Å²) in [6.45, 7) is 1.83. The molecular formula is C11H11ClO. The van der Waals surface area contributed by atoms with E-state index in [1.807, 2.05) is 19.1 Å². The zero-order valence-corrected chi connectivity index (χ0v) is 8.21. The van der Waals surface area contributed by atoms with Crippen LogP contribution in [0.2, 0.25) is 5.02 Å².